The fourth-order valence-electron chi connectivity index (χ4n) is 4.49. The first-order valence-corrected chi connectivity index (χ1v) is 10.1. The van der Waals surface area contributed by atoms with E-state index >= 15 is 0 Å². The van der Waals surface area contributed by atoms with Crippen molar-refractivity contribution in [1.82, 2.24) is 20.0 Å². The molecular formula is C20H29N5O3. The van der Waals surface area contributed by atoms with Gasteiger partial charge in [0.1, 0.15) is 24.2 Å². The number of methoxy groups -OCH3 is 1. The molecule has 3 aliphatic heterocycles. The first-order chi connectivity index (χ1) is 13.6. The summed E-state index contributed by atoms with van der Waals surface area (Å²) in [5.74, 6) is 0.725. The molecule has 0 bridgehead atoms. The minimum absolute atomic E-state index is 0.0796. The van der Waals surface area contributed by atoms with Gasteiger partial charge in [-0.3, -0.25) is 19.9 Å². The van der Waals surface area contributed by atoms with E-state index in [1.807, 2.05) is 18.2 Å². The normalized spacial score (nSPS) is 27.8. The monoisotopic (exact) mass is 387 g/mol. The van der Waals surface area contributed by atoms with Gasteiger partial charge in [0.25, 0.3) is 5.91 Å². The maximum absolute atomic E-state index is 13.2. The predicted molar refractivity (Wildman–Crippen MR) is 106 cm³/mol. The number of ether oxygens (including phenoxy) is 1. The van der Waals surface area contributed by atoms with Gasteiger partial charge in [-0.2, -0.15) is 0 Å². The van der Waals surface area contributed by atoms with Crippen LogP contribution in [0.25, 0.3) is 0 Å². The first-order valence-electron chi connectivity index (χ1n) is 10.1. The highest BCUT2D eigenvalue weighted by molar-refractivity contribution is 6.00. The quantitative estimate of drug-likeness (QED) is 0.826. The van der Waals surface area contributed by atoms with E-state index in [4.69, 9.17) is 4.74 Å². The molecule has 0 radical (unpaired) electrons. The number of nitrogens with one attached hydrogen (secondary N) is 1. The smallest absolute Gasteiger partial charge is 0.327 e. The number of anilines is 1. The van der Waals surface area contributed by atoms with Gasteiger partial charge in [0.2, 0.25) is 0 Å². The van der Waals surface area contributed by atoms with Gasteiger partial charge in [0, 0.05) is 38.4 Å². The third-order valence-electron chi connectivity index (χ3n) is 5.99. The number of hydrogen-bond donors (Lipinski definition) is 1. The van der Waals surface area contributed by atoms with E-state index in [0.717, 1.165) is 43.8 Å². The van der Waals surface area contributed by atoms with E-state index in [9.17, 15) is 9.59 Å². The average molecular weight is 387 g/mol. The van der Waals surface area contributed by atoms with Crippen LogP contribution in [-0.4, -0.2) is 78.9 Å². The van der Waals surface area contributed by atoms with Gasteiger partial charge in [0.15, 0.2) is 0 Å². The summed E-state index contributed by atoms with van der Waals surface area (Å²) < 4.78 is 5.38. The molecule has 1 aromatic rings. The molecule has 3 unspecified atom stereocenters. The summed E-state index contributed by atoms with van der Waals surface area (Å²) in [5, 5.41) is 3.54. The number of nitrogens with zero attached hydrogens (tertiary/aromatic N) is 4. The van der Waals surface area contributed by atoms with Gasteiger partial charge in [-0.1, -0.05) is 19.4 Å². The van der Waals surface area contributed by atoms with E-state index in [2.05, 4.69) is 28.1 Å². The van der Waals surface area contributed by atoms with Crippen molar-refractivity contribution in [3.63, 3.8) is 0 Å². The molecule has 152 valence electrons. The standard InChI is InChI=1S/C20H29N5O3/c1-4-5-10-25-18(26)16-17(22(2)20(25)27)21-19-23(11-7-12-24(16)19)14-8-6-9-15(13-14)28-3/h6,8-9,13,16-17,19,21H,4-5,7,10-12H2,1-3H3. The molecule has 8 heteroatoms. The summed E-state index contributed by atoms with van der Waals surface area (Å²) in [6.07, 6.45) is 2.30. The Morgan fingerprint density at radius 2 is 2.07 bits per heavy atom. The van der Waals surface area contributed by atoms with Gasteiger partial charge in [-0.15, -0.1) is 0 Å². The van der Waals surface area contributed by atoms with E-state index in [1.54, 1.807) is 19.1 Å². The lowest BCUT2D eigenvalue weighted by molar-refractivity contribution is -0.138. The fourth-order valence-corrected chi connectivity index (χ4v) is 4.49. The van der Waals surface area contributed by atoms with Crippen LogP contribution in [-0.2, 0) is 4.79 Å². The van der Waals surface area contributed by atoms with Crippen LogP contribution in [0.5, 0.6) is 5.75 Å². The zero-order valence-corrected chi connectivity index (χ0v) is 16.8. The Labute approximate surface area is 166 Å². The van der Waals surface area contributed by atoms with Gasteiger partial charge in [-0.05, 0) is 25.0 Å². The van der Waals surface area contributed by atoms with Gasteiger partial charge in [0.05, 0.1) is 7.11 Å². The Morgan fingerprint density at radius 1 is 1.25 bits per heavy atom. The number of unbranched alkanes of at least 4 members (excludes halogenated alkanes) is 1. The molecule has 3 fully saturated rings. The van der Waals surface area contributed by atoms with Crippen molar-refractivity contribution in [3.05, 3.63) is 24.3 Å². The SMILES string of the molecule is CCCCN1C(=O)C2C(NC3N(c4cccc(OC)c4)CCCN23)N(C)C1=O. The highest BCUT2D eigenvalue weighted by Gasteiger charge is 2.55. The van der Waals surface area contributed by atoms with Crippen LogP contribution in [0, 0.1) is 0 Å². The summed E-state index contributed by atoms with van der Waals surface area (Å²) in [6.45, 7) is 4.26. The number of benzene rings is 1. The number of carbonyl (C=O) groups is 2. The molecule has 3 aliphatic rings. The van der Waals surface area contributed by atoms with Gasteiger partial charge >= 0.3 is 6.03 Å². The lowest BCUT2D eigenvalue weighted by Gasteiger charge is -2.44. The third-order valence-corrected chi connectivity index (χ3v) is 5.99. The summed E-state index contributed by atoms with van der Waals surface area (Å²) in [7, 11) is 3.45. The summed E-state index contributed by atoms with van der Waals surface area (Å²) in [5.41, 5.74) is 1.05. The third kappa shape index (κ3) is 3.00. The topological polar surface area (TPSA) is 68.4 Å². The molecule has 4 rings (SSSR count). The number of hydrogen-bond acceptors (Lipinski definition) is 6. The highest BCUT2D eigenvalue weighted by Crippen LogP contribution is 2.34. The molecule has 0 aromatic heterocycles. The van der Waals surface area contributed by atoms with E-state index in [0.29, 0.717) is 6.54 Å². The number of amides is 3. The molecular weight excluding hydrogens is 358 g/mol. The summed E-state index contributed by atoms with van der Waals surface area (Å²) >= 11 is 0. The van der Waals surface area contributed by atoms with Crippen LogP contribution in [0.3, 0.4) is 0 Å². The molecule has 0 spiro atoms. The Kier molecular flexibility index (Phi) is 5.16. The molecule has 3 heterocycles. The number of fused-ring (bicyclic) bond motifs is 3. The Hall–Kier alpha value is -2.32. The lowest BCUT2D eigenvalue weighted by atomic mass is 10.1. The maximum atomic E-state index is 13.2. The molecule has 3 atom stereocenters. The number of likely N-dealkylation sites (N-methyl/N-ethyl adjacent to an activating group) is 1. The number of rotatable bonds is 5. The minimum atomic E-state index is -0.349. The van der Waals surface area contributed by atoms with Crippen molar-refractivity contribution in [3.8, 4) is 5.75 Å². The number of urea groups is 1. The predicted octanol–water partition coefficient (Wildman–Crippen LogP) is 1.48. The first kappa shape index (κ1) is 19.0. The summed E-state index contributed by atoms with van der Waals surface area (Å²) in [4.78, 5) is 33.6. The summed E-state index contributed by atoms with van der Waals surface area (Å²) in [6, 6.07) is 7.41. The fraction of sp³-hybridized carbons (Fsp3) is 0.600. The van der Waals surface area contributed by atoms with Crippen molar-refractivity contribution >= 4 is 17.6 Å². The van der Waals surface area contributed by atoms with Crippen molar-refractivity contribution in [2.24, 2.45) is 0 Å². The number of imide groups is 1. The van der Waals surface area contributed by atoms with E-state index in [1.165, 1.54) is 4.90 Å². The molecule has 3 amide bonds. The molecule has 28 heavy (non-hydrogen) atoms. The minimum Gasteiger partial charge on any atom is -0.497 e. The van der Waals surface area contributed by atoms with Crippen LogP contribution in [0.2, 0.25) is 0 Å². The maximum Gasteiger partial charge on any atom is 0.327 e. The van der Waals surface area contributed by atoms with Crippen molar-refractivity contribution in [2.75, 3.05) is 38.7 Å². The zero-order chi connectivity index (χ0) is 19.8. The lowest BCUT2D eigenvalue weighted by Crippen LogP contribution is -2.66. The van der Waals surface area contributed by atoms with Crippen molar-refractivity contribution in [2.45, 2.75) is 44.7 Å². The molecule has 3 saturated heterocycles. The second-order valence-corrected chi connectivity index (χ2v) is 7.65. The van der Waals surface area contributed by atoms with Crippen LogP contribution in [0.4, 0.5) is 10.5 Å². The molecule has 8 nitrogen and oxygen atoms in total. The van der Waals surface area contributed by atoms with Crippen LogP contribution in [0.1, 0.15) is 26.2 Å². The second-order valence-electron chi connectivity index (χ2n) is 7.65. The van der Waals surface area contributed by atoms with E-state index < -0.39 is 0 Å². The Morgan fingerprint density at radius 3 is 2.82 bits per heavy atom. The molecule has 0 aliphatic carbocycles. The molecule has 0 saturated carbocycles. The second kappa shape index (κ2) is 7.60. The molecule has 1 aromatic carbocycles. The van der Waals surface area contributed by atoms with Crippen LogP contribution >= 0.6 is 0 Å². The molecule has 1 N–H and O–H groups in total. The van der Waals surface area contributed by atoms with Crippen LogP contribution in [0.15, 0.2) is 24.3 Å². The highest BCUT2D eigenvalue weighted by atomic mass is 16.5. The largest absolute Gasteiger partial charge is 0.497 e. The zero-order valence-electron chi connectivity index (χ0n) is 16.8. The van der Waals surface area contributed by atoms with Crippen molar-refractivity contribution < 1.29 is 14.3 Å². The Balaban J connectivity index is 1.62. The average Bonchev–Trinajstić information content (AvgIpc) is 3.12. The van der Waals surface area contributed by atoms with Crippen LogP contribution < -0.4 is 15.0 Å². The van der Waals surface area contributed by atoms with Crippen molar-refractivity contribution in [1.29, 1.82) is 0 Å². The van der Waals surface area contributed by atoms with Gasteiger partial charge in [-0.25, -0.2) is 4.79 Å². The van der Waals surface area contributed by atoms with Gasteiger partial charge < -0.3 is 14.5 Å². The van der Waals surface area contributed by atoms with E-state index in [-0.39, 0.29) is 30.4 Å². The number of carbonyl (C=O) groups excluding carboxylic acids is 2. The Bertz CT molecular complexity index is 757.